The van der Waals surface area contributed by atoms with E-state index in [2.05, 4.69) is 112 Å². The Labute approximate surface area is 229 Å². The maximum Gasteiger partial charge on any atom is 0.134 e. The van der Waals surface area contributed by atoms with E-state index >= 15 is 0 Å². The lowest BCUT2D eigenvalue weighted by atomic mass is 9.88. The summed E-state index contributed by atoms with van der Waals surface area (Å²) < 4.78 is 12.3. The highest BCUT2D eigenvalue weighted by Gasteiger charge is 2.45. The van der Waals surface area contributed by atoms with E-state index in [1.54, 1.807) is 0 Å². The Kier molecular flexibility index (Phi) is 5.39. The van der Waals surface area contributed by atoms with Crippen LogP contribution in [-0.2, 0) is 0 Å². The molecule has 2 aromatic heterocycles. The molecule has 3 heteroatoms. The van der Waals surface area contributed by atoms with Gasteiger partial charge in [0.05, 0.1) is 12.5 Å². The fraction of sp³-hybridized carbons (Fsp3) is 0.111. The molecule has 3 heterocycles. The molecule has 0 N–H and O–H groups in total. The summed E-state index contributed by atoms with van der Waals surface area (Å²) in [5.41, 5.74) is 11.9. The highest BCUT2D eigenvalue weighted by Crippen LogP contribution is 2.57. The van der Waals surface area contributed by atoms with Gasteiger partial charge < -0.3 is 8.83 Å². The second-order valence-electron chi connectivity index (χ2n) is 11.2. The lowest BCUT2D eigenvalue weighted by Gasteiger charge is -2.25. The van der Waals surface area contributed by atoms with Gasteiger partial charge in [-0.1, -0.05) is 109 Å². The molecule has 0 radical (unpaired) electrons. The molecule has 190 valence electrons. The Morgan fingerprint density at radius 1 is 0.513 bits per heavy atom. The van der Waals surface area contributed by atoms with Crippen molar-refractivity contribution < 1.29 is 8.83 Å². The zero-order chi connectivity index (χ0) is 26.7. The number of allylic oxidation sites excluding steroid dienone is 2. The third-order valence-corrected chi connectivity index (χ3v) is 11.7. The van der Waals surface area contributed by atoms with E-state index < -0.39 is 8.07 Å². The summed E-state index contributed by atoms with van der Waals surface area (Å²) in [5, 5.41) is 5.16. The summed E-state index contributed by atoms with van der Waals surface area (Å²) in [6, 6.07) is 34.7. The molecular formula is C36H30O2Si. The van der Waals surface area contributed by atoms with Crippen LogP contribution in [0.5, 0.6) is 0 Å². The van der Waals surface area contributed by atoms with Gasteiger partial charge in [0.2, 0.25) is 0 Å². The second kappa shape index (κ2) is 8.86. The summed E-state index contributed by atoms with van der Waals surface area (Å²) in [7, 11) is -2.33. The monoisotopic (exact) mass is 522 g/mol. The molecule has 7 rings (SSSR count). The number of aryl methyl sites for hydroxylation is 2. The first-order chi connectivity index (χ1) is 18.9. The van der Waals surface area contributed by atoms with Gasteiger partial charge in [-0.15, -0.1) is 0 Å². The van der Waals surface area contributed by atoms with Crippen LogP contribution < -0.4 is 0 Å². The van der Waals surface area contributed by atoms with Crippen LogP contribution in [0.3, 0.4) is 0 Å². The van der Waals surface area contributed by atoms with Gasteiger partial charge in [0, 0.05) is 21.9 Å². The van der Waals surface area contributed by atoms with Crippen LogP contribution in [-0.4, -0.2) is 8.07 Å². The zero-order valence-corrected chi connectivity index (χ0v) is 23.7. The van der Waals surface area contributed by atoms with Crippen LogP contribution in [0.25, 0.3) is 43.5 Å². The predicted octanol–water partition coefficient (Wildman–Crippen LogP) is 10.1. The Balaban J connectivity index is 1.66. The molecule has 39 heavy (non-hydrogen) atoms. The van der Waals surface area contributed by atoms with E-state index in [-0.39, 0.29) is 0 Å². The third kappa shape index (κ3) is 3.69. The number of fused-ring (bicyclic) bond motifs is 2. The minimum Gasteiger partial charge on any atom is -0.464 e. The van der Waals surface area contributed by atoms with E-state index in [0.29, 0.717) is 0 Å². The van der Waals surface area contributed by atoms with Crippen molar-refractivity contribution in [3.8, 4) is 0 Å². The van der Waals surface area contributed by atoms with Gasteiger partial charge in [-0.05, 0) is 58.6 Å². The highest BCUT2D eigenvalue weighted by molar-refractivity contribution is 7.13. The summed E-state index contributed by atoms with van der Waals surface area (Å²) in [5.74, 6) is 0. The normalized spacial score (nSPS) is 15.2. The Bertz CT molecular complexity index is 1820. The molecule has 0 spiro atoms. The number of hydrogen-bond donors (Lipinski definition) is 0. The Hall–Kier alpha value is -4.34. The van der Waals surface area contributed by atoms with Crippen LogP contribution in [0.4, 0.5) is 0 Å². The molecule has 0 fully saturated rings. The van der Waals surface area contributed by atoms with Crippen molar-refractivity contribution in [2.24, 2.45) is 0 Å². The van der Waals surface area contributed by atoms with Crippen LogP contribution in [0.2, 0.25) is 13.1 Å². The maximum absolute atomic E-state index is 6.17. The Morgan fingerprint density at radius 3 is 1.38 bits per heavy atom. The van der Waals surface area contributed by atoms with Crippen molar-refractivity contribution in [2.45, 2.75) is 26.9 Å². The molecule has 1 aliphatic heterocycles. The van der Waals surface area contributed by atoms with Crippen LogP contribution in [0.1, 0.15) is 33.4 Å². The summed E-state index contributed by atoms with van der Waals surface area (Å²) in [6.45, 7) is 9.32. The number of para-hydroxylation sites is 2. The van der Waals surface area contributed by atoms with E-state index in [1.807, 2.05) is 24.7 Å². The van der Waals surface area contributed by atoms with Gasteiger partial charge >= 0.3 is 0 Å². The molecule has 2 nitrogen and oxygen atoms in total. The molecule has 0 aliphatic carbocycles. The van der Waals surface area contributed by atoms with Crippen molar-refractivity contribution in [3.05, 3.63) is 143 Å². The number of rotatable bonds is 4. The zero-order valence-electron chi connectivity index (χ0n) is 22.7. The molecule has 0 bridgehead atoms. The second-order valence-corrected chi connectivity index (χ2v) is 15.4. The average molecular weight is 523 g/mol. The van der Waals surface area contributed by atoms with Crippen molar-refractivity contribution in [3.63, 3.8) is 0 Å². The topological polar surface area (TPSA) is 26.3 Å². The van der Waals surface area contributed by atoms with Gasteiger partial charge in [0.15, 0.2) is 0 Å². The summed E-state index contributed by atoms with van der Waals surface area (Å²) in [4.78, 5) is 0. The van der Waals surface area contributed by atoms with Crippen molar-refractivity contribution in [2.75, 3.05) is 0 Å². The SMILES string of the molecule is Cc1cccc(C2=C(c3coc4ccccc34)[Si](C)(C)C(c3coc4ccccc34)=C2c2cccc(C)c2)c1. The van der Waals surface area contributed by atoms with Gasteiger partial charge in [0.25, 0.3) is 0 Å². The van der Waals surface area contributed by atoms with Gasteiger partial charge in [-0.25, -0.2) is 0 Å². The van der Waals surface area contributed by atoms with Crippen LogP contribution in [0, 0.1) is 13.8 Å². The smallest absolute Gasteiger partial charge is 0.134 e. The van der Waals surface area contributed by atoms with E-state index in [1.165, 1.54) is 65.7 Å². The lowest BCUT2D eigenvalue weighted by molar-refractivity contribution is 0.615. The van der Waals surface area contributed by atoms with Crippen LogP contribution in [0.15, 0.2) is 118 Å². The lowest BCUT2D eigenvalue weighted by Crippen LogP contribution is -2.28. The molecule has 1 aliphatic rings. The molecule has 4 aromatic carbocycles. The third-order valence-electron chi connectivity index (χ3n) is 8.11. The molecule has 0 unspecified atom stereocenters. The average Bonchev–Trinajstić information content (AvgIpc) is 3.60. The number of hydrogen-bond acceptors (Lipinski definition) is 2. The van der Waals surface area contributed by atoms with Crippen molar-refractivity contribution >= 4 is 51.6 Å². The van der Waals surface area contributed by atoms with Crippen LogP contribution >= 0.6 is 0 Å². The number of benzene rings is 4. The first-order valence-electron chi connectivity index (χ1n) is 13.5. The first-order valence-corrected chi connectivity index (χ1v) is 16.5. The van der Waals surface area contributed by atoms with Gasteiger partial charge in [0.1, 0.15) is 19.2 Å². The van der Waals surface area contributed by atoms with E-state index in [4.69, 9.17) is 8.83 Å². The largest absolute Gasteiger partial charge is 0.464 e. The van der Waals surface area contributed by atoms with E-state index in [9.17, 15) is 0 Å². The molecular weight excluding hydrogens is 492 g/mol. The fourth-order valence-corrected chi connectivity index (χ4v) is 10.2. The maximum atomic E-state index is 6.17. The van der Waals surface area contributed by atoms with Crippen molar-refractivity contribution in [1.82, 2.24) is 0 Å². The fourth-order valence-electron chi connectivity index (χ4n) is 6.46. The van der Waals surface area contributed by atoms with Gasteiger partial charge in [-0.3, -0.25) is 0 Å². The molecule has 0 amide bonds. The summed E-state index contributed by atoms with van der Waals surface area (Å²) in [6.07, 6.45) is 3.96. The molecule has 0 atom stereocenters. The standard InChI is InChI=1S/C36H30O2Si/c1-23-11-9-13-25(19-23)33-34(26-14-10-12-24(2)20-26)36(30-22-38-32-18-8-6-16-28(30)32)39(3,4)35(33)29-21-37-31-17-7-5-15-27(29)31/h5-22H,1-4H3. The summed E-state index contributed by atoms with van der Waals surface area (Å²) >= 11 is 0. The predicted molar refractivity (Wildman–Crippen MR) is 166 cm³/mol. The molecule has 6 aromatic rings. The quantitative estimate of drug-likeness (QED) is 0.215. The van der Waals surface area contributed by atoms with Gasteiger partial charge in [-0.2, -0.15) is 0 Å². The minimum absolute atomic E-state index is 0.924. The first kappa shape index (κ1) is 23.8. The molecule has 0 saturated carbocycles. The van der Waals surface area contributed by atoms with Crippen molar-refractivity contribution in [1.29, 1.82) is 0 Å². The highest BCUT2D eigenvalue weighted by atomic mass is 28.3. The number of furan rings is 2. The van der Waals surface area contributed by atoms with E-state index in [0.717, 1.165) is 11.2 Å². The minimum atomic E-state index is -2.33. The molecule has 0 saturated heterocycles. The Morgan fingerprint density at radius 2 is 0.949 bits per heavy atom.